The molecule has 27 heavy (non-hydrogen) atoms. The molecule has 2 N–H and O–H groups in total. The second-order valence-corrected chi connectivity index (χ2v) is 7.73. The monoisotopic (exact) mass is 391 g/mol. The van der Waals surface area contributed by atoms with Crippen molar-refractivity contribution in [2.45, 2.75) is 39.5 Å². The van der Waals surface area contributed by atoms with Crippen LogP contribution in [0.5, 0.6) is 11.5 Å². The van der Waals surface area contributed by atoms with Gasteiger partial charge < -0.3 is 15.2 Å². The van der Waals surface area contributed by atoms with Crippen LogP contribution in [0.3, 0.4) is 0 Å². The maximum atomic E-state index is 6.26. The molecule has 0 saturated carbocycles. The number of benzene rings is 1. The minimum absolute atomic E-state index is 0. The van der Waals surface area contributed by atoms with Crippen LogP contribution < -0.4 is 15.2 Å². The fourth-order valence-corrected chi connectivity index (χ4v) is 3.46. The number of rotatable bonds is 6. The summed E-state index contributed by atoms with van der Waals surface area (Å²) >= 11 is 0. The summed E-state index contributed by atoms with van der Waals surface area (Å²) in [5.41, 5.74) is 8.65. The van der Waals surface area contributed by atoms with Gasteiger partial charge in [-0.1, -0.05) is 26.0 Å². The molecule has 0 radical (unpaired) electrons. The van der Waals surface area contributed by atoms with Crippen molar-refractivity contribution < 1.29 is 9.47 Å². The van der Waals surface area contributed by atoms with Crippen LogP contribution in [0.25, 0.3) is 0 Å². The number of nitrogens with zero attached hydrogens (tertiary/aromatic N) is 2. The zero-order valence-corrected chi connectivity index (χ0v) is 17.2. The predicted octanol–water partition coefficient (Wildman–Crippen LogP) is 3.65. The molecule has 0 bridgehead atoms. The largest absolute Gasteiger partial charge is 0.493 e. The summed E-state index contributed by atoms with van der Waals surface area (Å²) in [6.45, 7) is 7.90. The zero-order valence-electron chi connectivity index (χ0n) is 16.4. The Labute approximate surface area is 168 Å². The molecule has 1 aromatic heterocycles. The number of halogens is 1. The molecule has 0 spiro atoms. The summed E-state index contributed by atoms with van der Waals surface area (Å²) in [7, 11) is 1.67. The minimum Gasteiger partial charge on any atom is -0.493 e. The quantitative estimate of drug-likeness (QED) is 0.814. The van der Waals surface area contributed by atoms with Crippen molar-refractivity contribution in [1.29, 1.82) is 0 Å². The first-order valence-electron chi connectivity index (χ1n) is 9.14. The Morgan fingerprint density at radius 3 is 2.70 bits per heavy atom. The standard InChI is InChI=1S/C21H29N3O2.ClH/c1-21(2)15-24(10-8-20(21)22)13-16-6-7-18(25-3)19(11-16)26-14-17-5-4-9-23-12-17;/h4-7,9,11-12,20H,8,10,13-15,22H2,1-3H3;1H. The van der Waals surface area contributed by atoms with Crippen LogP contribution in [0.4, 0.5) is 0 Å². The van der Waals surface area contributed by atoms with Crippen molar-refractivity contribution in [3.8, 4) is 11.5 Å². The Kier molecular flexibility index (Phi) is 7.48. The number of methoxy groups -OCH3 is 1. The lowest BCUT2D eigenvalue weighted by Crippen LogP contribution is -2.52. The third kappa shape index (κ3) is 5.58. The summed E-state index contributed by atoms with van der Waals surface area (Å²) in [5.74, 6) is 1.51. The second-order valence-electron chi connectivity index (χ2n) is 7.73. The van der Waals surface area contributed by atoms with Gasteiger partial charge in [0.15, 0.2) is 11.5 Å². The lowest BCUT2D eigenvalue weighted by Gasteiger charge is -2.42. The van der Waals surface area contributed by atoms with Gasteiger partial charge in [0, 0.05) is 43.6 Å². The summed E-state index contributed by atoms with van der Waals surface area (Å²) in [5, 5.41) is 0. The number of nitrogens with two attached hydrogens (primary N) is 1. The molecule has 148 valence electrons. The molecular formula is C21H30ClN3O2. The van der Waals surface area contributed by atoms with Gasteiger partial charge in [-0.3, -0.25) is 9.88 Å². The molecule has 1 unspecified atom stereocenters. The average molecular weight is 392 g/mol. The Balaban J connectivity index is 0.00000261. The van der Waals surface area contributed by atoms with E-state index in [1.807, 2.05) is 24.4 Å². The number of hydrogen-bond donors (Lipinski definition) is 1. The molecule has 1 aliphatic heterocycles. The Hall–Kier alpha value is -1.82. The third-order valence-electron chi connectivity index (χ3n) is 5.14. The van der Waals surface area contributed by atoms with E-state index in [2.05, 4.69) is 35.9 Å². The van der Waals surface area contributed by atoms with E-state index in [9.17, 15) is 0 Å². The minimum atomic E-state index is 0. The first kappa shape index (κ1) is 21.5. The lowest BCUT2D eigenvalue weighted by atomic mass is 9.79. The number of piperidine rings is 1. The zero-order chi connectivity index (χ0) is 18.6. The first-order valence-corrected chi connectivity index (χ1v) is 9.14. The number of aromatic nitrogens is 1. The Bertz CT molecular complexity index is 725. The molecule has 6 heteroatoms. The number of pyridine rings is 1. The fraction of sp³-hybridized carbons (Fsp3) is 0.476. The molecule has 1 saturated heterocycles. The van der Waals surface area contributed by atoms with Gasteiger partial charge in [0.25, 0.3) is 0 Å². The average Bonchev–Trinajstić information content (AvgIpc) is 2.64. The number of likely N-dealkylation sites (tertiary alicyclic amines) is 1. The van der Waals surface area contributed by atoms with Crippen molar-refractivity contribution in [3.63, 3.8) is 0 Å². The lowest BCUT2D eigenvalue weighted by molar-refractivity contribution is 0.0898. The highest BCUT2D eigenvalue weighted by Crippen LogP contribution is 2.32. The van der Waals surface area contributed by atoms with Crippen LogP contribution in [0.2, 0.25) is 0 Å². The molecule has 1 atom stereocenters. The summed E-state index contributed by atoms with van der Waals surface area (Å²) in [6.07, 6.45) is 4.61. The van der Waals surface area contributed by atoms with Crippen molar-refractivity contribution in [3.05, 3.63) is 53.9 Å². The highest BCUT2D eigenvalue weighted by Gasteiger charge is 2.33. The topological polar surface area (TPSA) is 60.6 Å². The van der Waals surface area contributed by atoms with Crippen molar-refractivity contribution in [1.82, 2.24) is 9.88 Å². The Morgan fingerprint density at radius 1 is 1.22 bits per heavy atom. The summed E-state index contributed by atoms with van der Waals surface area (Å²) < 4.78 is 11.5. The van der Waals surface area contributed by atoms with Crippen LogP contribution in [0.15, 0.2) is 42.7 Å². The smallest absolute Gasteiger partial charge is 0.161 e. The number of ether oxygens (including phenoxy) is 2. The van der Waals surface area contributed by atoms with Gasteiger partial charge in [-0.05, 0) is 35.6 Å². The van der Waals surface area contributed by atoms with Gasteiger partial charge in [0.2, 0.25) is 0 Å². The van der Waals surface area contributed by atoms with Gasteiger partial charge in [-0.15, -0.1) is 12.4 Å². The highest BCUT2D eigenvalue weighted by atomic mass is 35.5. The predicted molar refractivity (Wildman–Crippen MR) is 110 cm³/mol. The van der Waals surface area contributed by atoms with Crippen LogP contribution in [0, 0.1) is 5.41 Å². The SMILES string of the molecule is COc1ccc(CN2CCC(N)C(C)(C)C2)cc1OCc1cccnc1.Cl. The maximum absolute atomic E-state index is 6.26. The summed E-state index contributed by atoms with van der Waals surface area (Å²) in [6, 6.07) is 10.4. The normalized spacial score (nSPS) is 19.2. The number of hydrogen-bond acceptors (Lipinski definition) is 5. The van der Waals surface area contributed by atoms with E-state index in [1.54, 1.807) is 13.3 Å². The fourth-order valence-electron chi connectivity index (χ4n) is 3.46. The molecule has 0 amide bonds. The van der Waals surface area contributed by atoms with E-state index in [0.717, 1.165) is 43.1 Å². The van der Waals surface area contributed by atoms with Gasteiger partial charge >= 0.3 is 0 Å². The summed E-state index contributed by atoms with van der Waals surface area (Å²) in [4.78, 5) is 6.59. The molecule has 0 aliphatic carbocycles. The van der Waals surface area contributed by atoms with Crippen molar-refractivity contribution in [2.75, 3.05) is 20.2 Å². The third-order valence-corrected chi connectivity index (χ3v) is 5.14. The van der Waals surface area contributed by atoms with E-state index in [0.29, 0.717) is 6.61 Å². The van der Waals surface area contributed by atoms with Gasteiger partial charge in [-0.2, -0.15) is 0 Å². The van der Waals surface area contributed by atoms with E-state index in [4.69, 9.17) is 15.2 Å². The van der Waals surface area contributed by atoms with Crippen molar-refractivity contribution >= 4 is 12.4 Å². The molecule has 1 fully saturated rings. The van der Waals surface area contributed by atoms with E-state index in [1.165, 1.54) is 5.56 Å². The molecule has 2 heterocycles. The molecule has 2 aromatic rings. The molecular weight excluding hydrogens is 362 g/mol. The molecule has 1 aliphatic rings. The molecule has 3 rings (SSSR count). The Morgan fingerprint density at radius 2 is 2.04 bits per heavy atom. The first-order chi connectivity index (χ1) is 12.5. The van der Waals surface area contributed by atoms with E-state index in [-0.39, 0.29) is 23.9 Å². The van der Waals surface area contributed by atoms with Crippen LogP contribution in [-0.4, -0.2) is 36.1 Å². The van der Waals surface area contributed by atoms with Crippen LogP contribution >= 0.6 is 12.4 Å². The van der Waals surface area contributed by atoms with Gasteiger partial charge in [0.1, 0.15) is 6.61 Å². The van der Waals surface area contributed by atoms with Crippen molar-refractivity contribution in [2.24, 2.45) is 11.1 Å². The van der Waals surface area contributed by atoms with Crippen LogP contribution in [-0.2, 0) is 13.2 Å². The molecule has 5 nitrogen and oxygen atoms in total. The van der Waals surface area contributed by atoms with Gasteiger partial charge in [0.05, 0.1) is 7.11 Å². The highest BCUT2D eigenvalue weighted by molar-refractivity contribution is 5.85. The van der Waals surface area contributed by atoms with E-state index < -0.39 is 0 Å². The van der Waals surface area contributed by atoms with Crippen LogP contribution in [0.1, 0.15) is 31.4 Å². The maximum Gasteiger partial charge on any atom is 0.161 e. The second kappa shape index (κ2) is 9.40. The van der Waals surface area contributed by atoms with Gasteiger partial charge in [-0.25, -0.2) is 0 Å². The van der Waals surface area contributed by atoms with E-state index >= 15 is 0 Å². The molecule has 1 aromatic carbocycles.